The SMILES string of the molecule is O=C1NC(=O)C2(CCCC2)C(=O)N1c1c(F)cccc1Br. The lowest BCUT2D eigenvalue weighted by Crippen LogP contribution is -2.63. The first kappa shape index (κ1) is 14.2. The molecule has 1 saturated carbocycles. The van der Waals surface area contributed by atoms with Crippen molar-refractivity contribution in [3.8, 4) is 0 Å². The molecule has 110 valence electrons. The maximum Gasteiger partial charge on any atom is 0.335 e. The lowest BCUT2D eigenvalue weighted by atomic mass is 9.82. The fraction of sp³-hybridized carbons (Fsp3) is 0.357. The molecule has 7 heteroatoms. The molecule has 21 heavy (non-hydrogen) atoms. The summed E-state index contributed by atoms with van der Waals surface area (Å²) >= 11 is 3.15. The van der Waals surface area contributed by atoms with Crippen molar-refractivity contribution in [2.75, 3.05) is 4.90 Å². The Kier molecular flexibility index (Phi) is 3.32. The average molecular weight is 355 g/mol. The summed E-state index contributed by atoms with van der Waals surface area (Å²) in [4.78, 5) is 37.6. The fourth-order valence-corrected chi connectivity index (χ4v) is 3.52. The highest BCUT2D eigenvalue weighted by atomic mass is 79.9. The zero-order valence-electron chi connectivity index (χ0n) is 11.0. The smallest absolute Gasteiger partial charge is 0.276 e. The van der Waals surface area contributed by atoms with Gasteiger partial charge < -0.3 is 0 Å². The summed E-state index contributed by atoms with van der Waals surface area (Å²) in [7, 11) is 0. The van der Waals surface area contributed by atoms with Crippen LogP contribution in [-0.4, -0.2) is 17.8 Å². The van der Waals surface area contributed by atoms with Crippen LogP contribution in [-0.2, 0) is 9.59 Å². The van der Waals surface area contributed by atoms with E-state index in [4.69, 9.17) is 0 Å². The standard InChI is InChI=1S/C14H12BrFN2O3/c15-8-4-3-5-9(16)10(8)18-12(20)14(6-1-2-7-14)11(19)17-13(18)21/h3-5H,1-2,6-7H2,(H,17,19,21). The van der Waals surface area contributed by atoms with Crippen LogP contribution < -0.4 is 10.2 Å². The average Bonchev–Trinajstić information content (AvgIpc) is 2.91. The number of nitrogens with zero attached hydrogens (tertiary/aromatic N) is 1. The molecule has 0 radical (unpaired) electrons. The fourth-order valence-electron chi connectivity index (χ4n) is 3.00. The summed E-state index contributed by atoms with van der Waals surface area (Å²) in [5.74, 6) is -1.91. The van der Waals surface area contributed by atoms with Gasteiger partial charge in [-0.2, -0.15) is 0 Å². The number of nitrogens with one attached hydrogen (secondary N) is 1. The Bertz CT molecular complexity index is 635. The maximum absolute atomic E-state index is 14.1. The highest BCUT2D eigenvalue weighted by molar-refractivity contribution is 9.10. The minimum absolute atomic E-state index is 0.154. The molecule has 1 heterocycles. The zero-order chi connectivity index (χ0) is 15.2. The largest absolute Gasteiger partial charge is 0.335 e. The molecular weight excluding hydrogens is 343 g/mol. The second kappa shape index (κ2) is 4.91. The Morgan fingerprint density at radius 3 is 2.48 bits per heavy atom. The molecule has 1 N–H and O–H groups in total. The number of carbonyl (C=O) groups excluding carboxylic acids is 3. The van der Waals surface area contributed by atoms with Gasteiger partial charge in [-0.1, -0.05) is 18.9 Å². The summed E-state index contributed by atoms with van der Waals surface area (Å²) in [5, 5.41) is 2.19. The number of amides is 4. The van der Waals surface area contributed by atoms with Crippen molar-refractivity contribution in [3.63, 3.8) is 0 Å². The number of urea groups is 1. The number of anilines is 1. The monoisotopic (exact) mass is 354 g/mol. The van der Waals surface area contributed by atoms with Crippen LogP contribution >= 0.6 is 15.9 Å². The number of hydrogen-bond acceptors (Lipinski definition) is 3. The van der Waals surface area contributed by atoms with Gasteiger partial charge in [0.05, 0.1) is 0 Å². The van der Waals surface area contributed by atoms with E-state index in [0.29, 0.717) is 12.8 Å². The van der Waals surface area contributed by atoms with Gasteiger partial charge >= 0.3 is 6.03 Å². The molecule has 0 atom stereocenters. The normalized spacial score (nSPS) is 21.0. The van der Waals surface area contributed by atoms with Crippen LogP contribution in [0.25, 0.3) is 0 Å². The van der Waals surface area contributed by atoms with Crippen molar-refractivity contribution in [2.24, 2.45) is 5.41 Å². The summed E-state index contributed by atoms with van der Waals surface area (Å²) in [6.45, 7) is 0. The third-order valence-corrected chi connectivity index (χ3v) is 4.73. The first-order valence-corrected chi connectivity index (χ1v) is 7.41. The lowest BCUT2D eigenvalue weighted by Gasteiger charge is -2.37. The highest BCUT2D eigenvalue weighted by Crippen LogP contribution is 2.44. The molecule has 4 amide bonds. The first-order chi connectivity index (χ1) is 9.97. The van der Waals surface area contributed by atoms with Gasteiger partial charge in [0, 0.05) is 4.47 Å². The Morgan fingerprint density at radius 2 is 1.86 bits per heavy atom. The number of rotatable bonds is 1. The molecule has 2 fully saturated rings. The van der Waals surface area contributed by atoms with Crippen molar-refractivity contribution >= 4 is 39.5 Å². The van der Waals surface area contributed by atoms with Crippen LogP contribution in [0.4, 0.5) is 14.9 Å². The van der Waals surface area contributed by atoms with Crippen LogP contribution in [0.2, 0.25) is 0 Å². The molecule has 1 spiro atoms. The van der Waals surface area contributed by atoms with E-state index in [9.17, 15) is 18.8 Å². The van der Waals surface area contributed by atoms with Crippen LogP contribution in [0.1, 0.15) is 25.7 Å². The molecule has 2 aliphatic rings. The van der Waals surface area contributed by atoms with Crippen LogP contribution in [0, 0.1) is 11.2 Å². The molecule has 1 aromatic carbocycles. The third-order valence-electron chi connectivity index (χ3n) is 4.09. The van der Waals surface area contributed by atoms with Crippen molar-refractivity contribution in [3.05, 3.63) is 28.5 Å². The number of para-hydroxylation sites is 1. The van der Waals surface area contributed by atoms with Gasteiger partial charge in [-0.05, 0) is 40.9 Å². The highest BCUT2D eigenvalue weighted by Gasteiger charge is 2.56. The van der Waals surface area contributed by atoms with E-state index in [2.05, 4.69) is 21.2 Å². The van der Waals surface area contributed by atoms with Gasteiger partial charge in [-0.25, -0.2) is 14.1 Å². The number of benzene rings is 1. The Morgan fingerprint density at radius 1 is 1.19 bits per heavy atom. The van der Waals surface area contributed by atoms with E-state index >= 15 is 0 Å². The summed E-state index contributed by atoms with van der Waals surface area (Å²) in [5.41, 5.74) is -1.39. The van der Waals surface area contributed by atoms with Gasteiger partial charge in [0.15, 0.2) is 0 Å². The quantitative estimate of drug-likeness (QED) is 0.788. The predicted molar refractivity (Wildman–Crippen MR) is 76.0 cm³/mol. The molecule has 0 aromatic heterocycles. The van der Waals surface area contributed by atoms with Crippen LogP contribution in [0.5, 0.6) is 0 Å². The predicted octanol–water partition coefficient (Wildman–Crippen LogP) is 2.73. The van der Waals surface area contributed by atoms with Gasteiger partial charge in [0.25, 0.3) is 5.91 Å². The summed E-state index contributed by atoms with van der Waals surface area (Å²) in [6.07, 6.45) is 2.24. The molecule has 1 aromatic rings. The topological polar surface area (TPSA) is 66.5 Å². The molecule has 1 saturated heterocycles. The van der Waals surface area contributed by atoms with Crippen molar-refractivity contribution in [1.82, 2.24) is 5.32 Å². The molecule has 5 nitrogen and oxygen atoms in total. The second-order valence-corrected chi connectivity index (χ2v) is 6.11. The number of halogens is 2. The van der Waals surface area contributed by atoms with E-state index in [1.165, 1.54) is 18.2 Å². The van der Waals surface area contributed by atoms with Crippen LogP contribution in [0.3, 0.4) is 0 Å². The number of hydrogen-bond donors (Lipinski definition) is 1. The summed E-state index contributed by atoms with van der Waals surface area (Å²) < 4.78 is 14.4. The Hall–Kier alpha value is -1.76. The molecular formula is C14H12BrFN2O3. The Labute approximate surface area is 128 Å². The lowest BCUT2D eigenvalue weighted by molar-refractivity contribution is -0.142. The minimum atomic E-state index is -1.24. The molecule has 0 bridgehead atoms. The molecule has 0 unspecified atom stereocenters. The number of carbonyl (C=O) groups is 3. The molecule has 1 aliphatic carbocycles. The number of imide groups is 2. The van der Waals surface area contributed by atoms with Crippen molar-refractivity contribution in [1.29, 1.82) is 0 Å². The van der Waals surface area contributed by atoms with E-state index in [0.717, 1.165) is 17.7 Å². The molecule has 3 rings (SSSR count). The Balaban J connectivity index is 2.11. The van der Waals surface area contributed by atoms with E-state index in [1.807, 2.05) is 0 Å². The van der Waals surface area contributed by atoms with E-state index < -0.39 is 29.1 Å². The second-order valence-electron chi connectivity index (χ2n) is 5.26. The maximum atomic E-state index is 14.1. The number of barbiturate groups is 1. The van der Waals surface area contributed by atoms with E-state index in [-0.39, 0.29) is 10.2 Å². The van der Waals surface area contributed by atoms with Gasteiger partial charge in [0.2, 0.25) is 5.91 Å². The van der Waals surface area contributed by atoms with E-state index in [1.54, 1.807) is 0 Å². The van der Waals surface area contributed by atoms with Crippen LogP contribution in [0.15, 0.2) is 22.7 Å². The zero-order valence-corrected chi connectivity index (χ0v) is 12.6. The third kappa shape index (κ3) is 1.98. The molecule has 1 aliphatic heterocycles. The minimum Gasteiger partial charge on any atom is -0.276 e. The van der Waals surface area contributed by atoms with Crippen molar-refractivity contribution < 1.29 is 18.8 Å². The van der Waals surface area contributed by atoms with Crippen molar-refractivity contribution in [2.45, 2.75) is 25.7 Å². The first-order valence-electron chi connectivity index (χ1n) is 6.61. The van der Waals surface area contributed by atoms with Gasteiger partial charge in [-0.15, -0.1) is 0 Å². The van der Waals surface area contributed by atoms with Gasteiger partial charge in [-0.3, -0.25) is 14.9 Å². The van der Waals surface area contributed by atoms with Gasteiger partial charge in [0.1, 0.15) is 16.9 Å². The summed E-state index contributed by atoms with van der Waals surface area (Å²) in [6, 6.07) is 3.26.